The average molecular weight is 212 g/mol. The van der Waals surface area contributed by atoms with Gasteiger partial charge in [0.05, 0.1) is 5.92 Å². The number of nitrogens with zero attached hydrogens (tertiary/aromatic N) is 1. The van der Waals surface area contributed by atoms with Crippen LogP contribution in [0.1, 0.15) is 19.3 Å². The first-order valence-corrected chi connectivity index (χ1v) is 5.34. The maximum Gasteiger partial charge on any atom is 0.310 e. The molecule has 2 fully saturated rings. The van der Waals surface area contributed by atoms with Crippen LogP contribution in [0.2, 0.25) is 0 Å². The van der Waals surface area contributed by atoms with Gasteiger partial charge in [-0.3, -0.25) is 9.59 Å². The molecular formula is C10H16N2O3. The molecule has 0 aromatic heterocycles. The molecular weight excluding hydrogens is 196 g/mol. The standard InChI is InChI=1S/C10H16N2O3/c11-8(6-1-2-6)3-9(13)12-4-7(5-12)10(14)15/h6-8H,1-5,11H2,(H,14,15). The van der Waals surface area contributed by atoms with Crippen molar-refractivity contribution in [2.75, 3.05) is 13.1 Å². The number of amides is 1. The van der Waals surface area contributed by atoms with Gasteiger partial charge in [0, 0.05) is 25.6 Å². The Bertz CT molecular complexity index is 282. The summed E-state index contributed by atoms with van der Waals surface area (Å²) >= 11 is 0. The molecule has 1 amide bonds. The first kappa shape index (κ1) is 10.4. The van der Waals surface area contributed by atoms with E-state index >= 15 is 0 Å². The van der Waals surface area contributed by atoms with Crippen molar-refractivity contribution < 1.29 is 14.7 Å². The van der Waals surface area contributed by atoms with Gasteiger partial charge in [0.15, 0.2) is 0 Å². The molecule has 1 saturated carbocycles. The minimum absolute atomic E-state index is 0.00639. The summed E-state index contributed by atoms with van der Waals surface area (Å²) in [6.45, 7) is 0.705. The van der Waals surface area contributed by atoms with Crippen LogP contribution >= 0.6 is 0 Å². The third-order valence-electron chi connectivity index (χ3n) is 3.22. The highest BCUT2D eigenvalue weighted by molar-refractivity contribution is 5.81. The predicted molar refractivity (Wildman–Crippen MR) is 53.0 cm³/mol. The molecule has 0 spiro atoms. The third-order valence-corrected chi connectivity index (χ3v) is 3.22. The molecule has 0 aromatic carbocycles. The molecule has 5 heteroatoms. The van der Waals surface area contributed by atoms with Gasteiger partial charge in [-0.1, -0.05) is 0 Å². The van der Waals surface area contributed by atoms with E-state index < -0.39 is 5.97 Å². The topological polar surface area (TPSA) is 83.6 Å². The molecule has 3 N–H and O–H groups in total. The molecule has 15 heavy (non-hydrogen) atoms. The van der Waals surface area contributed by atoms with Crippen molar-refractivity contribution in [1.29, 1.82) is 0 Å². The van der Waals surface area contributed by atoms with E-state index in [1.807, 2.05) is 0 Å². The largest absolute Gasteiger partial charge is 0.481 e. The summed E-state index contributed by atoms with van der Waals surface area (Å²) < 4.78 is 0. The number of hydrogen-bond donors (Lipinski definition) is 2. The van der Waals surface area contributed by atoms with Gasteiger partial charge in [0.1, 0.15) is 0 Å². The average Bonchev–Trinajstić information content (AvgIpc) is 2.80. The Hall–Kier alpha value is -1.10. The molecule has 1 atom stereocenters. The summed E-state index contributed by atoms with van der Waals surface area (Å²) in [6.07, 6.45) is 2.63. The molecule has 1 aliphatic heterocycles. The number of aliphatic carboxylic acids is 1. The first-order chi connectivity index (χ1) is 7.08. The zero-order valence-electron chi connectivity index (χ0n) is 8.56. The van der Waals surface area contributed by atoms with Crippen molar-refractivity contribution in [2.45, 2.75) is 25.3 Å². The van der Waals surface area contributed by atoms with Crippen molar-refractivity contribution in [1.82, 2.24) is 4.90 Å². The van der Waals surface area contributed by atoms with E-state index in [4.69, 9.17) is 10.8 Å². The summed E-state index contributed by atoms with van der Waals surface area (Å²) in [5.74, 6) is -0.658. The zero-order chi connectivity index (χ0) is 11.0. The van der Waals surface area contributed by atoms with E-state index in [9.17, 15) is 9.59 Å². The van der Waals surface area contributed by atoms with E-state index in [1.54, 1.807) is 4.90 Å². The van der Waals surface area contributed by atoms with Crippen LogP contribution in [0.3, 0.4) is 0 Å². The van der Waals surface area contributed by atoms with Gasteiger partial charge in [-0.05, 0) is 18.8 Å². The lowest BCUT2D eigenvalue weighted by molar-refractivity contribution is -0.152. The second kappa shape index (κ2) is 3.81. The Morgan fingerprint density at radius 1 is 1.40 bits per heavy atom. The number of likely N-dealkylation sites (tertiary alicyclic amines) is 1. The monoisotopic (exact) mass is 212 g/mol. The Balaban J connectivity index is 1.71. The van der Waals surface area contributed by atoms with E-state index in [1.165, 1.54) is 0 Å². The Morgan fingerprint density at radius 2 is 2.00 bits per heavy atom. The summed E-state index contributed by atoms with van der Waals surface area (Å²) in [4.78, 5) is 23.7. The molecule has 1 aliphatic carbocycles. The highest BCUT2D eigenvalue weighted by Crippen LogP contribution is 2.33. The molecule has 84 valence electrons. The Morgan fingerprint density at radius 3 is 2.47 bits per heavy atom. The maximum absolute atomic E-state index is 11.6. The molecule has 0 radical (unpaired) electrons. The van der Waals surface area contributed by atoms with Crippen LogP contribution in [0.15, 0.2) is 0 Å². The molecule has 0 aromatic rings. The van der Waals surface area contributed by atoms with Gasteiger partial charge in [-0.25, -0.2) is 0 Å². The quantitative estimate of drug-likeness (QED) is 0.667. The molecule has 1 saturated heterocycles. The van der Waals surface area contributed by atoms with Crippen LogP contribution in [-0.4, -0.2) is 41.0 Å². The Labute approximate surface area is 88.2 Å². The molecule has 1 unspecified atom stereocenters. The van der Waals surface area contributed by atoms with Gasteiger partial charge in [-0.2, -0.15) is 0 Å². The normalized spacial score (nSPS) is 23.4. The van der Waals surface area contributed by atoms with Crippen molar-refractivity contribution in [2.24, 2.45) is 17.6 Å². The summed E-state index contributed by atoms with van der Waals surface area (Å²) in [7, 11) is 0. The van der Waals surface area contributed by atoms with Gasteiger partial charge < -0.3 is 15.7 Å². The fourth-order valence-corrected chi connectivity index (χ4v) is 1.86. The third kappa shape index (κ3) is 2.28. The van der Waals surface area contributed by atoms with Gasteiger partial charge in [0.2, 0.25) is 5.91 Å². The number of rotatable bonds is 4. The second-order valence-corrected chi connectivity index (χ2v) is 4.54. The maximum atomic E-state index is 11.6. The highest BCUT2D eigenvalue weighted by Gasteiger charge is 2.37. The smallest absolute Gasteiger partial charge is 0.310 e. The van der Waals surface area contributed by atoms with Crippen LogP contribution in [0.5, 0.6) is 0 Å². The lowest BCUT2D eigenvalue weighted by Crippen LogP contribution is -2.54. The van der Waals surface area contributed by atoms with Gasteiger partial charge in [-0.15, -0.1) is 0 Å². The fraction of sp³-hybridized carbons (Fsp3) is 0.800. The molecule has 2 rings (SSSR count). The minimum Gasteiger partial charge on any atom is -0.481 e. The summed E-state index contributed by atoms with van der Waals surface area (Å²) in [6, 6.07) is -0.0265. The van der Waals surface area contributed by atoms with E-state index in [2.05, 4.69) is 0 Å². The van der Waals surface area contributed by atoms with Crippen molar-refractivity contribution in [3.05, 3.63) is 0 Å². The van der Waals surface area contributed by atoms with Gasteiger partial charge >= 0.3 is 5.97 Å². The van der Waals surface area contributed by atoms with Crippen molar-refractivity contribution in [3.63, 3.8) is 0 Å². The molecule has 2 aliphatic rings. The number of nitrogens with two attached hydrogens (primary N) is 1. The lowest BCUT2D eigenvalue weighted by atomic mass is 9.99. The molecule has 1 heterocycles. The van der Waals surface area contributed by atoms with E-state index in [0.717, 1.165) is 12.8 Å². The fourth-order valence-electron chi connectivity index (χ4n) is 1.86. The highest BCUT2D eigenvalue weighted by atomic mass is 16.4. The van der Waals surface area contributed by atoms with Crippen LogP contribution in [0.25, 0.3) is 0 Å². The Kier molecular flexibility index (Phi) is 2.65. The van der Waals surface area contributed by atoms with Crippen LogP contribution < -0.4 is 5.73 Å². The van der Waals surface area contributed by atoms with Crippen LogP contribution in [0, 0.1) is 11.8 Å². The number of hydrogen-bond acceptors (Lipinski definition) is 3. The van der Waals surface area contributed by atoms with Crippen molar-refractivity contribution >= 4 is 11.9 Å². The number of carboxylic acid groups (broad SMARTS) is 1. The summed E-state index contributed by atoms with van der Waals surface area (Å²) in [5.41, 5.74) is 5.83. The summed E-state index contributed by atoms with van der Waals surface area (Å²) in [5, 5.41) is 8.65. The van der Waals surface area contributed by atoms with Crippen LogP contribution in [0.4, 0.5) is 0 Å². The first-order valence-electron chi connectivity index (χ1n) is 5.34. The number of carbonyl (C=O) groups is 2. The number of carbonyl (C=O) groups excluding carboxylic acids is 1. The van der Waals surface area contributed by atoms with Crippen molar-refractivity contribution in [3.8, 4) is 0 Å². The van der Waals surface area contributed by atoms with Gasteiger partial charge in [0.25, 0.3) is 0 Å². The zero-order valence-corrected chi connectivity index (χ0v) is 8.56. The molecule has 0 bridgehead atoms. The van der Waals surface area contributed by atoms with E-state index in [0.29, 0.717) is 25.4 Å². The second-order valence-electron chi connectivity index (χ2n) is 4.54. The lowest BCUT2D eigenvalue weighted by Gasteiger charge is -2.37. The molecule has 5 nitrogen and oxygen atoms in total. The predicted octanol–water partition coefficient (Wildman–Crippen LogP) is -0.343. The van der Waals surface area contributed by atoms with Crippen LogP contribution in [-0.2, 0) is 9.59 Å². The SMILES string of the molecule is NC(CC(=O)N1CC(C(=O)O)C1)C1CC1. The van der Waals surface area contributed by atoms with E-state index in [-0.39, 0.29) is 17.9 Å². The number of carboxylic acids is 1. The minimum atomic E-state index is -0.814.